The van der Waals surface area contributed by atoms with Crippen molar-refractivity contribution in [3.63, 3.8) is 0 Å². The monoisotopic (exact) mass is 214 g/mol. The van der Waals surface area contributed by atoms with Gasteiger partial charge in [-0.1, -0.05) is 12.1 Å². The molecule has 0 unspecified atom stereocenters. The third-order valence-corrected chi connectivity index (χ3v) is 2.61. The molecule has 0 aliphatic rings. The van der Waals surface area contributed by atoms with E-state index in [2.05, 4.69) is 0 Å². The molecule has 4 heteroatoms. The predicted octanol–water partition coefficient (Wildman–Crippen LogP) is 2.17. The van der Waals surface area contributed by atoms with Crippen LogP contribution in [0.2, 0.25) is 0 Å². The summed E-state index contributed by atoms with van der Waals surface area (Å²) in [4.78, 5) is 11.0. The van der Waals surface area contributed by atoms with Crippen molar-refractivity contribution in [2.24, 2.45) is 0 Å². The molecule has 80 valence electrons. The molecule has 0 aliphatic heterocycles. The highest BCUT2D eigenvalue weighted by Gasteiger charge is 2.14. The third kappa shape index (κ3) is 1.43. The number of rotatable bonds is 2. The summed E-state index contributed by atoms with van der Waals surface area (Å²) in [6, 6.07) is 9.20. The summed E-state index contributed by atoms with van der Waals surface area (Å²) in [5.41, 5.74) is 1.96. The SMILES string of the molecule is Cc1cccc2c1cc(C(=O)O)n2CC#N. The molecular weight excluding hydrogens is 204 g/mol. The Bertz CT molecular complexity index is 605. The summed E-state index contributed by atoms with van der Waals surface area (Å²) in [6.07, 6.45) is 0. The molecule has 1 N–H and O–H groups in total. The standard InChI is InChI=1S/C12H10N2O2/c1-8-3-2-4-10-9(8)7-11(12(15)16)14(10)6-5-13/h2-4,7H,6H2,1H3,(H,15,16). The quantitative estimate of drug-likeness (QED) is 0.833. The number of carboxylic acid groups (broad SMARTS) is 1. The minimum atomic E-state index is -1.01. The van der Waals surface area contributed by atoms with E-state index in [4.69, 9.17) is 10.4 Å². The van der Waals surface area contributed by atoms with Crippen LogP contribution in [0.4, 0.5) is 0 Å². The summed E-state index contributed by atoms with van der Waals surface area (Å²) in [5.74, 6) is -1.01. The number of nitrogens with zero attached hydrogens (tertiary/aromatic N) is 2. The molecule has 0 atom stereocenters. The molecule has 1 aromatic carbocycles. The van der Waals surface area contributed by atoms with Crippen LogP contribution in [0.15, 0.2) is 24.3 Å². The average molecular weight is 214 g/mol. The van der Waals surface area contributed by atoms with Gasteiger partial charge in [0, 0.05) is 10.9 Å². The summed E-state index contributed by atoms with van der Waals surface area (Å²) in [7, 11) is 0. The maximum absolute atomic E-state index is 11.0. The van der Waals surface area contributed by atoms with Gasteiger partial charge in [0.1, 0.15) is 12.2 Å². The lowest BCUT2D eigenvalue weighted by molar-refractivity contribution is 0.0686. The van der Waals surface area contributed by atoms with Crippen molar-refractivity contribution >= 4 is 16.9 Å². The smallest absolute Gasteiger partial charge is 0.352 e. The zero-order chi connectivity index (χ0) is 11.7. The van der Waals surface area contributed by atoms with Gasteiger partial charge in [-0.25, -0.2) is 4.79 Å². The van der Waals surface area contributed by atoms with Gasteiger partial charge in [-0.05, 0) is 24.6 Å². The number of aromatic carboxylic acids is 1. The van der Waals surface area contributed by atoms with Gasteiger partial charge >= 0.3 is 5.97 Å². The number of carbonyl (C=O) groups is 1. The van der Waals surface area contributed by atoms with Crippen LogP contribution >= 0.6 is 0 Å². The normalized spacial score (nSPS) is 10.2. The average Bonchev–Trinajstić information content (AvgIpc) is 2.60. The van der Waals surface area contributed by atoms with Crippen LogP contribution in [0.25, 0.3) is 10.9 Å². The molecule has 4 nitrogen and oxygen atoms in total. The molecule has 1 aromatic heterocycles. The highest BCUT2D eigenvalue weighted by atomic mass is 16.4. The van der Waals surface area contributed by atoms with Gasteiger partial charge in [0.25, 0.3) is 0 Å². The van der Waals surface area contributed by atoms with E-state index in [0.29, 0.717) is 0 Å². The molecule has 2 rings (SSSR count). The summed E-state index contributed by atoms with van der Waals surface area (Å²) in [6.45, 7) is 1.97. The molecule has 0 fully saturated rings. The van der Waals surface area contributed by atoms with E-state index >= 15 is 0 Å². The minimum absolute atomic E-state index is 0.0502. The molecule has 0 bridgehead atoms. The Balaban J connectivity index is 2.82. The Labute approximate surface area is 92.3 Å². The van der Waals surface area contributed by atoms with E-state index in [1.54, 1.807) is 6.07 Å². The predicted molar refractivity (Wildman–Crippen MR) is 59.2 cm³/mol. The van der Waals surface area contributed by atoms with Crippen LogP contribution in [-0.4, -0.2) is 15.6 Å². The number of carboxylic acids is 1. The Hall–Kier alpha value is -2.28. The van der Waals surface area contributed by atoms with Gasteiger partial charge in [-0.3, -0.25) is 0 Å². The van der Waals surface area contributed by atoms with E-state index in [1.165, 1.54) is 4.57 Å². The van der Waals surface area contributed by atoms with Crippen molar-refractivity contribution in [3.05, 3.63) is 35.5 Å². The number of benzene rings is 1. The van der Waals surface area contributed by atoms with Gasteiger partial charge in [0.15, 0.2) is 0 Å². The Morgan fingerprint density at radius 3 is 2.94 bits per heavy atom. The zero-order valence-corrected chi connectivity index (χ0v) is 8.77. The number of aryl methyl sites for hydroxylation is 1. The highest BCUT2D eigenvalue weighted by molar-refractivity contribution is 5.95. The largest absolute Gasteiger partial charge is 0.477 e. The molecule has 1 heterocycles. The fraction of sp³-hybridized carbons (Fsp3) is 0.167. The summed E-state index contributed by atoms with van der Waals surface area (Å²) >= 11 is 0. The Morgan fingerprint density at radius 1 is 1.56 bits per heavy atom. The van der Waals surface area contributed by atoms with Crippen molar-refractivity contribution < 1.29 is 9.90 Å². The molecule has 0 amide bonds. The summed E-state index contributed by atoms with van der Waals surface area (Å²) in [5, 5.41) is 18.6. The van der Waals surface area contributed by atoms with Crippen molar-refractivity contribution in [2.75, 3.05) is 0 Å². The number of fused-ring (bicyclic) bond motifs is 1. The Kier molecular flexibility index (Phi) is 2.37. The van der Waals surface area contributed by atoms with Crippen LogP contribution in [0, 0.1) is 18.3 Å². The first-order chi connectivity index (χ1) is 7.65. The van der Waals surface area contributed by atoms with Crippen LogP contribution in [-0.2, 0) is 6.54 Å². The fourth-order valence-corrected chi connectivity index (χ4v) is 1.85. The van der Waals surface area contributed by atoms with Gasteiger partial charge in [-0.2, -0.15) is 5.26 Å². The molecule has 0 aliphatic carbocycles. The second-order valence-corrected chi connectivity index (χ2v) is 3.59. The number of hydrogen-bond donors (Lipinski definition) is 1. The molecule has 0 radical (unpaired) electrons. The van der Waals surface area contributed by atoms with Crippen LogP contribution < -0.4 is 0 Å². The third-order valence-electron chi connectivity index (χ3n) is 2.61. The number of hydrogen-bond acceptors (Lipinski definition) is 2. The van der Waals surface area contributed by atoms with Gasteiger partial charge < -0.3 is 9.67 Å². The molecule has 0 saturated carbocycles. The molecular formula is C12H10N2O2. The first-order valence-electron chi connectivity index (χ1n) is 4.84. The maximum Gasteiger partial charge on any atom is 0.352 e. The fourth-order valence-electron chi connectivity index (χ4n) is 1.85. The number of nitriles is 1. The van der Waals surface area contributed by atoms with E-state index < -0.39 is 5.97 Å². The first-order valence-corrected chi connectivity index (χ1v) is 4.84. The van der Waals surface area contributed by atoms with Crippen molar-refractivity contribution in [2.45, 2.75) is 13.5 Å². The van der Waals surface area contributed by atoms with E-state index in [9.17, 15) is 4.79 Å². The molecule has 16 heavy (non-hydrogen) atoms. The molecule has 2 aromatic rings. The van der Waals surface area contributed by atoms with Gasteiger partial charge in [-0.15, -0.1) is 0 Å². The van der Waals surface area contributed by atoms with Crippen LogP contribution in [0.3, 0.4) is 0 Å². The lowest BCUT2D eigenvalue weighted by atomic mass is 10.1. The molecule has 0 spiro atoms. The van der Waals surface area contributed by atoms with Gasteiger partial charge in [0.2, 0.25) is 0 Å². The second-order valence-electron chi connectivity index (χ2n) is 3.59. The maximum atomic E-state index is 11.0. The zero-order valence-electron chi connectivity index (χ0n) is 8.77. The van der Waals surface area contributed by atoms with Gasteiger partial charge in [0.05, 0.1) is 6.07 Å². The van der Waals surface area contributed by atoms with E-state index in [-0.39, 0.29) is 12.2 Å². The van der Waals surface area contributed by atoms with Crippen molar-refractivity contribution in [1.82, 2.24) is 4.57 Å². The summed E-state index contributed by atoms with van der Waals surface area (Å²) < 4.78 is 1.52. The minimum Gasteiger partial charge on any atom is -0.477 e. The lowest BCUT2D eigenvalue weighted by Crippen LogP contribution is -2.07. The van der Waals surface area contributed by atoms with Crippen molar-refractivity contribution in [1.29, 1.82) is 5.26 Å². The van der Waals surface area contributed by atoms with Crippen LogP contribution in [0.1, 0.15) is 16.1 Å². The molecule has 0 saturated heterocycles. The van der Waals surface area contributed by atoms with Crippen LogP contribution in [0.5, 0.6) is 0 Å². The highest BCUT2D eigenvalue weighted by Crippen LogP contribution is 2.23. The number of aromatic nitrogens is 1. The first kappa shape index (κ1) is 10.2. The topological polar surface area (TPSA) is 66.0 Å². The van der Waals surface area contributed by atoms with E-state index in [1.807, 2.05) is 31.2 Å². The lowest BCUT2D eigenvalue weighted by Gasteiger charge is -2.02. The second kappa shape index (κ2) is 3.70. The Morgan fingerprint density at radius 2 is 2.31 bits per heavy atom. The van der Waals surface area contributed by atoms with Crippen molar-refractivity contribution in [3.8, 4) is 6.07 Å². The van der Waals surface area contributed by atoms with E-state index in [0.717, 1.165) is 16.5 Å².